The number of imidazole rings is 1. The van der Waals surface area contributed by atoms with E-state index in [1.807, 2.05) is 0 Å². The molecule has 0 saturated carbocycles. The highest BCUT2D eigenvalue weighted by atomic mass is 16.4. The molecule has 8 heteroatoms. The van der Waals surface area contributed by atoms with Gasteiger partial charge in [0.2, 0.25) is 0 Å². The summed E-state index contributed by atoms with van der Waals surface area (Å²) in [6, 6.07) is -1.90. The lowest BCUT2D eigenvalue weighted by atomic mass is 10.3. The summed E-state index contributed by atoms with van der Waals surface area (Å²) < 4.78 is 0. The minimum Gasteiger partial charge on any atom is -0.480 e. The number of aliphatic hydroxyl groups excluding tert-OH is 1. The van der Waals surface area contributed by atoms with Gasteiger partial charge in [-0.3, -0.25) is 0 Å². The van der Waals surface area contributed by atoms with E-state index in [-0.39, 0.29) is 6.54 Å². The van der Waals surface area contributed by atoms with E-state index in [1.54, 1.807) is 12.4 Å². The van der Waals surface area contributed by atoms with Crippen LogP contribution in [0.1, 0.15) is 5.82 Å². The van der Waals surface area contributed by atoms with Gasteiger partial charge in [0, 0.05) is 19.4 Å². The third kappa shape index (κ3) is 3.76. The molecule has 0 spiro atoms. The van der Waals surface area contributed by atoms with Gasteiger partial charge in [-0.15, -0.1) is 0 Å². The number of hydrogen-bond donors (Lipinski definition) is 4. The van der Waals surface area contributed by atoms with E-state index in [9.17, 15) is 9.59 Å². The van der Waals surface area contributed by atoms with Crippen LogP contribution in [0.25, 0.3) is 0 Å². The number of urea groups is 1. The van der Waals surface area contributed by atoms with E-state index in [4.69, 9.17) is 10.2 Å². The largest absolute Gasteiger partial charge is 0.480 e. The van der Waals surface area contributed by atoms with E-state index >= 15 is 0 Å². The number of hydrogen-bond acceptors (Lipinski definition) is 4. The molecule has 0 fully saturated rings. The fourth-order valence-corrected chi connectivity index (χ4v) is 1.13. The van der Waals surface area contributed by atoms with Crippen molar-refractivity contribution in [3.63, 3.8) is 0 Å². The summed E-state index contributed by atoms with van der Waals surface area (Å²) in [5, 5.41) is 19.6. The maximum Gasteiger partial charge on any atom is 0.328 e. The average Bonchev–Trinajstić information content (AvgIpc) is 2.77. The first-order chi connectivity index (χ1) is 8.04. The predicted octanol–water partition coefficient (Wildman–Crippen LogP) is -1.00. The lowest BCUT2D eigenvalue weighted by molar-refractivity contribution is -0.140. The predicted molar refractivity (Wildman–Crippen MR) is 57.1 cm³/mol. The number of nitrogens with one attached hydrogen (secondary N) is 2. The quantitative estimate of drug-likeness (QED) is 0.528. The molecule has 0 unspecified atom stereocenters. The summed E-state index contributed by atoms with van der Waals surface area (Å²) in [6.45, 7) is -0.438. The summed E-state index contributed by atoms with van der Waals surface area (Å²) in [4.78, 5) is 30.1. The van der Waals surface area contributed by atoms with Crippen LogP contribution in [0, 0.1) is 0 Å². The Balaban J connectivity index is 2.49. The van der Waals surface area contributed by atoms with Gasteiger partial charge in [-0.25, -0.2) is 14.6 Å². The molecular weight excluding hydrogens is 228 g/mol. The van der Waals surface area contributed by atoms with E-state index in [0.717, 1.165) is 0 Å². The first-order valence-corrected chi connectivity index (χ1v) is 4.88. The smallest absolute Gasteiger partial charge is 0.328 e. The van der Waals surface area contributed by atoms with Crippen molar-refractivity contribution >= 4 is 12.0 Å². The van der Waals surface area contributed by atoms with Gasteiger partial charge in [-0.05, 0) is 0 Å². The number of carboxylic acid groups (broad SMARTS) is 1. The van der Waals surface area contributed by atoms with Crippen molar-refractivity contribution in [1.82, 2.24) is 20.2 Å². The van der Waals surface area contributed by atoms with Crippen molar-refractivity contribution in [2.24, 2.45) is 0 Å². The van der Waals surface area contributed by atoms with Crippen LogP contribution >= 0.6 is 0 Å². The van der Waals surface area contributed by atoms with Crippen LogP contribution in [-0.2, 0) is 11.3 Å². The summed E-state index contributed by atoms with van der Waals surface area (Å²) in [5.74, 6) is -0.703. The second kappa shape index (κ2) is 5.85. The number of carboxylic acids is 1. The number of aliphatic carboxylic acids is 1. The zero-order valence-corrected chi connectivity index (χ0v) is 9.25. The first kappa shape index (κ1) is 13.0. The van der Waals surface area contributed by atoms with Crippen molar-refractivity contribution in [2.75, 3.05) is 13.7 Å². The lowest BCUT2D eigenvalue weighted by Gasteiger charge is -2.19. The number of aromatic amines is 1. The Morgan fingerprint density at radius 3 is 2.82 bits per heavy atom. The van der Waals surface area contributed by atoms with Crippen LogP contribution in [0.15, 0.2) is 12.4 Å². The molecular formula is C9H14N4O4. The van der Waals surface area contributed by atoms with Gasteiger partial charge in [0.1, 0.15) is 5.82 Å². The summed E-state index contributed by atoms with van der Waals surface area (Å²) in [7, 11) is 1.49. The van der Waals surface area contributed by atoms with Gasteiger partial charge in [-0.1, -0.05) is 0 Å². The van der Waals surface area contributed by atoms with Gasteiger partial charge in [-0.2, -0.15) is 0 Å². The lowest BCUT2D eigenvalue weighted by Crippen LogP contribution is -2.48. The molecule has 0 radical (unpaired) electrons. The molecule has 4 N–H and O–H groups in total. The van der Waals surface area contributed by atoms with Crippen LogP contribution in [0.5, 0.6) is 0 Å². The fraction of sp³-hybridized carbons (Fsp3) is 0.444. The Kier molecular flexibility index (Phi) is 4.46. The molecule has 1 aromatic heterocycles. The minimum atomic E-state index is -1.30. The topological polar surface area (TPSA) is 119 Å². The highest BCUT2D eigenvalue weighted by molar-refractivity contribution is 5.82. The average molecular weight is 242 g/mol. The Morgan fingerprint density at radius 1 is 1.65 bits per heavy atom. The zero-order chi connectivity index (χ0) is 12.8. The molecule has 2 amide bonds. The normalized spacial score (nSPS) is 11.9. The summed E-state index contributed by atoms with van der Waals surface area (Å²) in [6.07, 6.45) is 3.17. The Bertz CT molecular complexity index is 378. The number of H-pyrrole nitrogens is 1. The van der Waals surface area contributed by atoms with Crippen molar-refractivity contribution < 1.29 is 19.8 Å². The number of rotatable bonds is 5. The van der Waals surface area contributed by atoms with Crippen molar-refractivity contribution in [1.29, 1.82) is 0 Å². The van der Waals surface area contributed by atoms with Crippen LogP contribution < -0.4 is 5.32 Å². The molecule has 0 aliphatic carbocycles. The maximum atomic E-state index is 11.5. The van der Waals surface area contributed by atoms with E-state index in [1.165, 1.54) is 11.9 Å². The molecule has 1 heterocycles. The number of carbonyl (C=O) groups excluding carboxylic acids is 1. The highest BCUT2D eigenvalue weighted by Crippen LogP contribution is 1.96. The maximum absolute atomic E-state index is 11.5. The number of amides is 2. The Labute approximate surface area is 97.3 Å². The molecule has 1 aromatic rings. The molecule has 0 saturated heterocycles. The summed E-state index contributed by atoms with van der Waals surface area (Å²) in [5.41, 5.74) is 0. The number of nitrogens with zero attached hydrogens (tertiary/aromatic N) is 2. The monoisotopic (exact) mass is 242 g/mol. The van der Waals surface area contributed by atoms with Gasteiger partial charge in [0.25, 0.3) is 0 Å². The molecule has 17 heavy (non-hydrogen) atoms. The van der Waals surface area contributed by atoms with E-state index in [2.05, 4.69) is 15.3 Å². The van der Waals surface area contributed by atoms with E-state index in [0.29, 0.717) is 5.82 Å². The molecule has 8 nitrogen and oxygen atoms in total. The zero-order valence-electron chi connectivity index (χ0n) is 9.25. The Morgan fingerprint density at radius 2 is 2.35 bits per heavy atom. The minimum absolute atomic E-state index is 0.219. The highest BCUT2D eigenvalue weighted by Gasteiger charge is 2.20. The number of aromatic nitrogens is 2. The van der Waals surface area contributed by atoms with Crippen LogP contribution in [0.4, 0.5) is 4.79 Å². The standard InChI is InChI=1S/C9H14N4O4/c1-13(4-7-10-2-3-11-7)9(17)12-6(5-14)8(15)16/h2-3,6,14H,4-5H2,1H3,(H,10,11)(H,12,17)(H,15,16)/t6-/m1/s1. The van der Waals surface area contributed by atoms with Crippen LogP contribution in [0.2, 0.25) is 0 Å². The molecule has 0 aliphatic heterocycles. The SMILES string of the molecule is CN(Cc1ncc[nH]1)C(=O)N[C@H](CO)C(=O)O. The van der Waals surface area contributed by atoms with Gasteiger partial charge in [0.05, 0.1) is 13.2 Å². The first-order valence-electron chi connectivity index (χ1n) is 4.88. The van der Waals surface area contributed by atoms with Crippen LogP contribution in [0.3, 0.4) is 0 Å². The molecule has 0 aliphatic rings. The third-order valence-corrected chi connectivity index (χ3v) is 2.07. The van der Waals surface area contributed by atoms with Crippen LogP contribution in [-0.4, -0.2) is 56.8 Å². The second-order valence-corrected chi connectivity index (χ2v) is 3.41. The Hall–Kier alpha value is -2.09. The molecule has 94 valence electrons. The molecule has 1 rings (SSSR count). The van der Waals surface area contributed by atoms with E-state index < -0.39 is 24.6 Å². The van der Waals surface area contributed by atoms with Gasteiger partial charge < -0.3 is 25.4 Å². The molecule has 0 aromatic carbocycles. The van der Waals surface area contributed by atoms with Gasteiger partial charge >= 0.3 is 12.0 Å². The number of aliphatic hydroxyl groups is 1. The molecule has 0 bridgehead atoms. The summed E-state index contributed by atoms with van der Waals surface area (Å²) >= 11 is 0. The fourth-order valence-electron chi connectivity index (χ4n) is 1.13. The van der Waals surface area contributed by atoms with Crippen molar-refractivity contribution in [3.8, 4) is 0 Å². The number of carbonyl (C=O) groups is 2. The van der Waals surface area contributed by atoms with Crippen molar-refractivity contribution in [2.45, 2.75) is 12.6 Å². The molecule has 1 atom stereocenters. The second-order valence-electron chi connectivity index (χ2n) is 3.41. The van der Waals surface area contributed by atoms with Gasteiger partial charge in [0.15, 0.2) is 6.04 Å². The third-order valence-electron chi connectivity index (χ3n) is 2.07. The van der Waals surface area contributed by atoms with Crippen molar-refractivity contribution in [3.05, 3.63) is 18.2 Å².